The van der Waals surface area contributed by atoms with Crippen LogP contribution in [0.4, 0.5) is 5.69 Å². The summed E-state index contributed by atoms with van der Waals surface area (Å²) in [4.78, 5) is 15.3. The third kappa shape index (κ3) is 8.02. The first-order chi connectivity index (χ1) is 12.6. The molecule has 8 heteroatoms. The summed E-state index contributed by atoms with van der Waals surface area (Å²) in [5, 5.41) is 18.7. The van der Waals surface area contributed by atoms with Gasteiger partial charge in [-0.1, -0.05) is 12.1 Å². The zero-order valence-corrected chi connectivity index (χ0v) is 18.4. The minimum atomic E-state index is -0.0686. The first kappa shape index (κ1) is 23.6. The Morgan fingerprint density at radius 1 is 1.30 bits per heavy atom. The Hall–Kier alpha value is -1.39. The smallest absolute Gasteiger partial charge is 0.221 e. The van der Waals surface area contributed by atoms with Gasteiger partial charge in [0.2, 0.25) is 5.91 Å². The molecule has 4 N–H and O–H groups in total. The number of carbonyl (C=O) groups is 1. The zero-order chi connectivity index (χ0) is 18.8. The van der Waals surface area contributed by atoms with Gasteiger partial charge in [0, 0.05) is 51.4 Å². The van der Waals surface area contributed by atoms with Crippen molar-refractivity contribution >= 4 is 41.5 Å². The molecule has 2 rings (SSSR count). The van der Waals surface area contributed by atoms with Crippen LogP contribution in [0.2, 0.25) is 0 Å². The van der Waals surface area contributed by atoms with Crippen molar-refractivity contribution in [2.24, 2.45) is 10.4 Å². The van der Waals surface area contributed by atoms with E-state index in [9.17, 15) is 9.90 Å². The Morgan fingerprint density at radius 3 is 2.59 bits per heavy atom. The predicted molar refractivity (Wildman–Crippen MR) is 119 cm³/mol. The Morgan fingerprint density at radius 2 is 2.04 bits per heavy atom. The number of hydrogen-bond acceptors (Lipinski definition) is 4. The summed E-state index contributed by atoms with van der Waals surface area (Å²) < 4.78 is 5.51. The molecular formula is C19H31IN4O3. The quantitative estimate of drug-likeness (QED) is 0.253. The fraction of sp³-hybridized carbons (Fsp3) is 0.579. The van der Waals surface area contributed by atoms with Crippen molar-refractivity contribution in [3.63, 3.8) is 0 Å². The number of guanidine groups is 1. The minimum absolute atomic E-state index is 0. The van der Waals surface area contributed by atoms with Crippen molar-refractivity contribution in [3.8, 4) is 0 Å². The van der Waals surface area contributed by atoms with Gasteiger partial charge in [0.25, 0.3) is 0 Å². The largest absolute Gasteiger partial charge is 0.396 e. The number of benzene rings is 1. The molecule has 1 aromatic carbocycles. The summed E-state index contributed by atoms with van der Waals surface area (Å²) in [5.74, 6) is 0.685. The van der Waals surface area contributed by atoms with Gasteiger partial charge in [0.1, 0.15) is 0 Å². The number of carbonyl (C=O) groups excluding carboxylic acids is 1. The Labute approximate surface area is 178 Å². The van der Waals surface area contributed by atoms with Crippen molar-refractivity contribution in [1.82, 2.24) is 10.6 Å². The van der Waals surface area contributed by atoms with Crippen molar-refractivity contribution in [2.75, 3.05) is 45.3 Å². The van der Waals surface area contributed by atoms with E-state index in [1.165, 1.54) is 12.5 Å². The molecule has 1 aliphatic rings. The number of anilines is 1. The van der Waals surface area contributed by atoms with Gasteiger partial charge in [0.05, 0.1) is 6.61 Å². The van der Waals surface area contributed by atoms with E-state index < -0.39 is 0 Å². The highest BCUT2D eigenvalue weighted by Crippen LogP contribution is 2.31. The van der Waals surface area contributed by atoms with Crippen LogP contribution >= 0.6 is 24.0 Å². The third-order valence-electron chi connectivity index (χ3n) is 4.66. The maximum Gasteiger partial charge on any atom is 0.221 e. The molecule has 1 amide bonds. The van der Waals surface area contributed by atoms with Crippen LogP contribution in [0.1, 0.15) is 25.3 Å². The van der Waals surface area contributed by atoms with Crippen LogP contribution in [-0.2, 0) is 16.0 Å². The number of aliphatic imine (C=N–C) groups is 1. The van der Waals surface area contributed by atoms with E-state index in [2.05, 4.69) is 20.9 Å². The molecular weight excluding hydrogens is 459 g/mol. The number of aliphatic hydroxyl groups is 1. The lowest BCUT2D eigenvalue weighted by Gasteiger charge is -2.27. The fourth-order valence-electron chi connectivity index (χ4n) is 3.09. The number of halogens is 1. The molecule has 152 valence electrons. The van der Waals surface area contributed by atoms with Crippen molar-refractivity contribution in [2.45, 2.75) is 26.2 Å². The summed E-state index contributed by atoms with van der Waals surface area (Å²) in [5.41, 5.74) is 1.98. The number of nitrogens with zero attached hydrogens (tertiary/aromatic N) is 1. The Bertz CT molecular complexity index is 601. The monoisotopic (exact) mass is 490 g/mol. The van der Waals surface area contributed by atoms with Gasteiger partial charge in [0.15, 0.2) is 5.96 Å². The van der Waals surface area contributed by atoms with E-state index in [0.717, 1.165) is 50.6 Å². The summed E-state index contributed by atoms with van der Waals surface area (Å²) in [7, 11) is 1.75. The second-order valence-corrected chi connectivity index (χ2v) is 6.76. The van der Waals surface area contributed by atoms with Crippen molar-refractivity contribution in [1.29, 1.82) is 0 Å². The molecule has 0 aromatic heterocycles. The minimum Gasteiger partial charge on any atom is -0.396 e. The van der Waals surface area contributed by atoms with E-state index in [1.54, 1.807) is 7.05 Å². The SMILES string of the molecule is CN=C(NCCc1ccc(NC(C)=O)cc1)NCC1(CCO)CCOC1.I. The third-order valence-corrected chi connectivity index (χ3v) is 4.66. The number of rotatable bonds is 8. The normalized spacial score (nSPS) is 19.3. The lowest BCUT2D eigenvalue weighted by atomic mass is 9.84. The van der Waals surface area contributed by atoms with Crippen LogP contribution in [0, 0.1) is 5.41 Å². The molecule has 1 saturated heterocycles. The second-order valence-electron chi connectivity index (χ2n) is 6.76. The van der Waals surface area contributed by atoms with E-state index in [1.807, 2.05) is 24.3 Å². The maximum absolute atomic E-state index is 11.0. The highest BCUT2D eigenvalue weighted by molar-refractivity contribution is 14.0. The van der Waals surface area contributed by atoms with Crippen LogP contribution < -0.4 is 16.0 Å². The van der Waals surface area contributed by atoms with Gasteiger partial charge in [-0.25, -0.2) is 0 Å². The van der Waals surface area contributed by atoms with Crippen LogP contribution in [0.3, 0.4) is 0 Å². The lowest BCUT2D eigenvalue weighted by molar-refractivity contribution is -0.114. The highest BCUT2D eigenvalue weighted by Gasteiger charge is 2.34. The average Bonchev–Trinajstić information content (AvgIpc) is 3.08. The molecule has 0 spiro atoms. The molecule has 1 fully saturated rings. The molecule has 0 aliphatic carbocycles. The average molecular weight is 490 g/mol. The molecule has 1 heterocycles. The molecule has 0 radical (unpaired) electrons. The molecule has 0 saturated carbocycles. The lowest BCUT2D eigenvalue weighted by Crippen LogP contribution is -2.45. The first-order valence-corrected chi connectivity index (χ1v) is 9.06. The van der Waals surface area contributed by atoms with E-state index >= 15 is 0 Å². The molecule has 27 heavy (non-hydrogen) atoms. The number of hydrogen-bond donors (Lipinski definition) is 4. The van der Waals surface area contributed by atoms with Gasteiger partial charge in [-0.05, 0) is 37.0 Å². The van der Waals surface area contributed by atoms with Crippen molar-refractivity contribution < 1.29 is 14.6 Å². The molecule has 7 nitrogen and oxygen atoms in total. The molecule has 1 aliphatic heterocycles. The number of nitrogens with one attached hydrogen (secondary N) is 3. The van der Waals surface area contributed by atoms with E-state index in [-0.39, 0.29) is 41.9 Å². The first-order valence-electron chi connectivity index (χ1n) is 9.06. The van der Waals surface area contributed by atoms with E-state index in [0.29, 0.717) is 6.61 Å². The molecule has 1 aromatic rings. The van der Waals surface area contributed by atoms with E-state index in [4.69, 9.17) is 4.74 Å². The summed E-state index contributed by atoms with van der Waals surface area (Å²) in [6.07, 6.45) is 2.54. The topological polar surface area (TPSA) is 95.0 Å². The highest BCUT2D eigenvalue weighted by atomic mass is 127. The van der Waals surface area contributed by atoms with Crippen LogP contribution in [-0.4, -0.2) is 56.9 Å². The van der Waals surface area contributed by atoms with Gasteiger partial charge in [-0.3, -0.25) is 9.79 Å². The van der Waals surface area contributed by atoms with Gasteiger partial charge >= 0.3 is 0 Å². The molecule has 1 atom stereocenters. The number of amides is 1. The molecule has 1 unspecified atom stereocenters. The standard InChI is InChI=1S/C19H30N4O3.HI/c1-15(25)23-17-5-3-16(4-6-17)7-10-21-18(20-2)22-13-19(8-11-24)9-12-26-14-19;/h3-6,24H,7-14H2,1-2H3,(H,23,25)(H2,20,21,22);1H. The van der Waals surface area contributed by atoms with Crippen LogP contribution in [0.5, 0.6) is 0 Å². The summed E-state index contributed by atoms with van der Waals surface area (Å²) in [6, 6.07) is 7.83. The zero-order valence-electron chi connectivity index (χ0n) is 16.1. The molecule has 0 bridgehead atoms. The van der Waals surface area contributed by atoms with Crippen LogP contribution in [0.25, 0.3) is 0 Å². The van der Waals surface area contributed by atoms with Gasteiger partial charge in [-0.2, -0.15) is 0 Å². The number of ether oxygens (including phenoxy) is 1. The van der Waals surface area contributed by atoms with Gasteiger partial charge in [-0.15, -0.1) is 24.0 Å². The second kappa shape index (κ2) is 12.1. The maximum atomic E-state index is 11.0. The predicted octanol–water partition coefficient (Wildman–Crippen LogP) is 1.76. The summed E-state index contributed by atoms with van der Waals surface area (Å²) >= 11 is 0. The van der Waals surface area contributed by atoms with Crippen LogP contribution in [0.15, 0.2) is 29.3 Å². The fourth-order valence-corrected chi connectivity index (χ4v) is 3.09. The van der Waals surface area contributed by atoms with Gasteiger partial charge < -0.3 is 25.8 Å². The Kier molecular flexibility index (Phi) is 10.6. The number of aliphatic hydroxyl groups excluding tert-OH is 1. The van der Waals surface area contributed by atoms with Crippen molar-refractivity contribution in [3.05, 3.63) is 29.8 Å². The Balaban J connectivity index is 0.00000364. The summed E-state index contributed by atoms with van der Waals surface area (Å²) in [6.45, 7) is 4.59.